The van der Waals surface area contributed by atoms with Gasteiger partial charge in [-0.05, 0) is 12.8 Å². The van der Waals surface area contributed by atoms with Crippen LogP contribution in [0.5, 0.6) is 0 Å². The number of carboxylic acid groups (broad SMARTS) is 1. The Kier molecular flexibility index (Phi) is 4.02. The van der Waals surface area contributed by atoms with E-state index in [4.69, 9.17) is 5.11 Å². The predicted octanol–water partition coefficient (Wildman–Crippen LogP) is 1.32. The van der Waals surface area contributed by atoms with Crippen LogP contribution in [0.2, 0.25) is 0 Å². The molecule has 1 N–H and O–H groups in total. The quantitative estimate of drug-likeness (QED) is 0.427. The summed E-state index contributed by atoms with van der Waals surface area (Å²) >= 11 is 3.84. The van der Waals surface area contributed by atoms with E-state index >= 15 is 0 Å². The number of amides is 1. The summed E-state index contributed by atoms with van der Waals surface area (Å²) in [6.45, 7) is 0. The van der Waals surface area contributed by atoms with E-state index in [1.54, 1.807) is 6.08 Å². The van der Waals surface area contributed by atoms with E-state index in [2.05, 4.69) is 17.6 Å². The second-order valence-electron chi connectivity index (χ2n) is 3.25. The zero-order valence-electron chi connectivity index (χ0n) is 8.29. The molecule has 1 amide bonds. The van der Waals surface area contributed by atoms with Crippen molar-refractivity contribution in [3.63, 3.8) is 0 Å². The minimum Gasteiger partial charge on any atom is -0.469 e. The SMILES string of the molecule is COC(=O)C1CCC=CC1N(S)C(=O)O. The number of thiol groups is 1. The number of ether oxygens (including phenoxy) is 1. The van der Waals surface area contributed by atoms with E-state index in [0.717, 1.165) is 10.7 Å². The van der Waals surface area contributed by atoms with E-state index in [1.165, 1.54) is 7.11 Å². The molecule has 0 aliphatic heterocycles. The maximum atomic E-state index is 11.4. The van der Waals surface area contributed by atoms with Gasteiger partial charge >= 0.3 is 12.1 Å². The lowest BCUT2D eigenvalue weighted by Crippen LogP contribution is -2.41. The Morgan fingerprint density at radius 2 is 2.27 bits per heavy atom. The van der Waals surface area contributed by atoms with Gasteiger partial charge in [-0.3, -0.25) is 4.79 Å². The van der Waals surface area contributed by atoms with Crippen molar-refractivity contribution in [1.29, 1.82) is 0 Å². The normalized spacial score (nSPS) is 24.7. The average Bonchev–Trinajstić information content (AvgIpc) is 2.27. The van der Waals surface area contributed by atoms with Crippen molar-refractivity contribution < 1.29 is 19.4 Å². The maximum absolute atomic E-state index is 11.4. The van der Waals surface area contributed by atoms with E-state index in [9.17, 15) is 9.59 Å². The van der Waals surface area contributed by atoms with Gasteiger partial charge in [0.2, 0.25) is 0 Å². The lowest BCUT2D eigenvalue weighted by molar-refractivity contribution is -0.146. The summed E-state index contributed by atoms with van der Waals surface area (Å²) < 4.78 is 5.45. The Bertz CT molecular complexity index is 292. The van der Waals surface area contributed by atoms with Gasteiger partial charge in [0.05, 0.1) is 19.1 Å². The van der Waals surface area contributed by atoms with Crippen LogP contribution in [0.1, 0.15) is 12.8 Å². The highest BCUT2D eigenvalue weighted by Crippen LogP contribution is 2.25. The summed E-state index contributed by atoms with van der Waals surface area (Å²) in [5.74, 6) is -0.863. The summed E-state index contributed by atoms with van der Waals surface area (Å²) in [6.07, 6.45) is 3.67. The maximum Gasteiger partial charge on any atom is 0.417 e. The number of allylic oxidation sites excluding steroid dienone is 1. The number of carbonyl (C=O) groups is 2. The van der Waals surface area contributed by atoms with Crippen LogP contribution in [0.3, 0.4) is 0 Å². The molecule has 0 saturated heterocycles. The summed E-state index contributed by atoms with van der Waals surface area (Å²) in [6, 6.07) is -0.549. The first-order chi connectivity index (χ1) is 7.07. The second-order valence-corrected chi connectivity index (χ2v) is 3.68. The average molecular weight is 231 g/mol. The number of esters is 1. The minimum atomic E-state index is -1.18. The van der Waals surface area contributed by atoms with Crippen LogP contribution in [-0.2, 0) is 9.53 Å². The topological polar surface area (TPSA) is 66.8 Å². The number of carbonyl (C=O) groups excluding carboxylic acids is 1. The first-order valence-electron chi connectivity index (χ1n) is 4.53. The molecule has 0 heterocycles. The van der Waals surface area contributed by atoms with Crippen molar-refractivity contribution in [2.45, 2.75) is 18.9 Å². The van der Waals surface area contributed by atoms with Crippen LogP contribution >= 0.6 is 12.8 Å². The monoisotopic (exact) mass is 231 g/mol. The molecule has 84 valence electrons. The van der Waals surface area contributed by atoms with Gasteiger partial charge in [0.15, 0.2) is 0 Å². The molecular weight excluding hydrogens is 218 g/mol. The molecule has 2 unspecified atom stereocenters. The predicted molar refractivity (Wildman–Crippen MR) is 56.5 cm³/mol. The molecule has 0 radical (unpaired) electrons. The third-order valence-electron chi connectivity index (χ3n) is 2.37. The first kappa shape index (κ1) is 11.9. The zero-order chi connectivity index (χ0) is 11.4. The van der Waals surface area contributed by atoms with Crippen molar-refractivity contribution >= 4 is 24.9 Å². The molecule has 1 aliphatic rings. The zero-order valence-corrected chi connectivity index (χ0v) is 9.18. The van der Waals surface area contributed by atoms with E-state index in [-0.39, 0.29) is 0 Å². The second kappa shape index (κ2) is 5.06. The van der Waals surface area contributed by atoms with E-state index in [0.29, 0.717) is 6.42 Å². The van der Waals surface area contributed by atoms with E-state index < -0.39 is 24.0 Å². The molecule has 6 heteroatoms. The smallest absolute Gasteiger partial charge is 0.417 e. The number of methoxy groups -OCH3 is 1. The molecule has 0 spiro atoms. The fourth-order valence-electron chi connectivity index (χ4n) is 1.60. The summed E-state index contributed by atoms with van der Waals surface area (Å²) in [4.78, 5) is 22.1. The largest absolute Gasteiger partial charge is 0.469 e. The van der Waals surface area contributed by atoms with Crippen molar-refractivity contribution in [1.82, 2.24) is 4.31 Å². The van der Waals surface area contributed by atoms with Crippen molar-refractivity contribution in [3.8, 4) is 0 Å². The van der Waals surface area contributed by atoms with Crippen LogP contribution in [0, 0.1) is 5.92 Å². The third kappa shape index (κ3) is 2.65. The van der Waals surface area contributed by atoms with Gasteiger partial charge in [0.1, 0.15) is 0 Å². The molecular formula is C9H13NO4S. The molecule has 5 nitrogen and oxygen atoms in total. The van der Waals surface area contributed by atoms with Gasteiger partial charge in [0, 0.05) is 0 Å². The molecule has 0 aromatic rings. The van der Waals surface area contributed by atoms with Crippen LogP contribution in [-0.4, -0.2) is 34.6 Å². The minimum absolute atomic E-state index is 0.398. The molecule has 15 heavy (non-hydrogen) atoms. The molecule has 0 fully saturated rings. The van der Waals surface area contributed by atoms with Gasteiger partial charge in [0.25, 0.3) is 0 Å². The van der Waals surface area contributed by atoms with Gasteiger partial charge in [-0.15, -0.1) is 0 Å². The Hall–Kier alpha value is -1.17. The number of hydrogen-bond acceptors (Lipinski definition) is 4. The molecule has 1 rings (SSSR count). The van der Waals surface area contributed by atoms with Crippen LogP contribution in [0.4, 0.5) is 4.79 Å². The fourth-order valence-corrected chi connectivity index (χ4v) is 1.84. The summed E-state index contributed by atoms with van der Waals surface area (Å²) in [5, 5.41) is 8.77. The number of nitrogens with zero attached hydrogens (tertiary/aromatic N) is 1. The standard InChI is InChI=1S/C9H13NO4S/c1-14-8(11)6-4-2-3-5-7(6)10(15)9(12)13/h3,5-7,15H,2,4H2,1H3,(H,12,13). The lowest BCUT2D eigenvalue weighted by atomic mass is 9.89. The van der Waals surface area contributed by atoms with Crippen molar-refractivity contribution in [3.05, 3.63) is 12.2 Å². The Morgan fingerprint density at radius 1 is 1.60 bits per heavy atom. The fraction of sp³-hybridized carbons (Fsp3) is 0.556. The lowest BCUT2D eigenvalue weighted by Gasteiger charge is -2.30. The molecule has 1 aliphatic carbocycles. The Morgan fingerprint density at radius 3 is 2.80 bits per heavy atom. The summed E-state index contributed by atoms with van der Waals surface area (Å²) in [5.41, 5.74) is 0. The summed E-state index contributed by atoms with van der Waals surface area (Å²) in [7, 11) is 1.29. The first-order valence-corrected chi connectivity index (χ1v) is 4.93. The van der Waals surface area contributed by atoms with Crippen molar-refractivity contribution in [2.75, 3.05) is 7.11 Å². The molecule has 0 bridgehead atoms. The van der Waals surface area contributed by atoms with Crippen LogP contribution in [0.15, 0.2) is 12.2 Å². The van der Waals surface area contributed by atoms with Gasteiger partial charge in [-0.2, -0.15) is 0 Å². The molecule has 2 atom stereocenters. The Labute approximate surface area is 93.2 Å². The third-order valence-corrected chi connectivity index (χ3v) is 2.81. The highest BCUT2D eigenvalue weighted by Gasteiger charge is 2.34. The molecule has 0 aromatic heterocycles. The van der Waals surface area contributed by atoms with Crippen molar-refractivity contribution in [2.24, 2.45) is 5.92 Å². The number of rotatable bonds is 2. The number of hydrogen-bond donors (Lipinski definition) is 2. The van der Waals surface area contributed by atoms with Crippen LogP contribution < -0.4 is 0 Å². The highest BCUT2D eigenvalue weighted by atomic mass is 32.1. The van der Waals surface area contributed by atoms with Gasteiger partial charge in [-0.1, -0.05) is 25.0 Å². The van der Waals surface area contributed by atoms with Gasteiger partial charge in [-0.25, -0.2) is 9.10 Å². The Balaban J connectivity index is 2.82. The molecule has 0 aromatic carbocycles. The van der Waals surface area contributed by atoms with E-state index in [1.807, 2.05) is 6.08 Å². The molecule has 0 saturated carbocycles. The highest BCUT2D eigenvalue weighted by molar-refractivity contribution is 7.78. The van der Waals surface area contributed by atoms with Crippen LogP contribution in [0.25, 0.3) is 0 Å². The van der Waals surface area contributed by atoms with Gasteiger partial charge < -0.3 is 9.84 Å².